The van der Waals surface area contributed by atoms with Gasteiger partial charge >= 0.3 is 0 Å². The second kappa shape index (κ2) is 11.7. The molecule has 0 bridgehead atoms. The van der Waals surface area contributed by atoms with E-state index in [1.165, 1.54) is 11.1 Å². The molecule has 0 radical (unpaired) electrons. The lowest BCUT2D eigenvalue weighted by atomic mass is 10.0. The molecule has 0 fully saturated rings. The van der Waals surface area contributed by atoms with Gasteiger partial charge in [0.15, 0.2) is 0 Å². The predicted octanol–water partition coefficient (Wildman–Crippen LogP) is 5.12. The first-order valence-electron chi connectivity index (χ1n) is 12.6. The molecule has 8 heteroatoms. The summed E-state index contributed by atoms with van der Waals surface area (Å²) in [5.41, 5.74) is 6.53. The lowest BCUT2D eigenvalue weighted by molar-refractivity contribution is 0.600. The van der Waals surface area contributed by atoms with E-state index in [1.54, 1.807) is 23.0 Å². The highest BCUT2D eigenvalue weighted by molar-refractivity contribution is 7.92. The Morgan fingerprint density at radius 1 is 0.973 bits per heavy atom. The topological polar surface area (TPSA) is 88.9 Å². The second-order valence-corrected chi connectivity index (χ2v) is 11.4. The van der Waals surface area contributed by atoms with Gasteiger partial charge in [-0.1, -0.05) is 50.2 Å². The van der Waals surface area contributed by atoms with E-state index in [1.807, 2.05) is 50.5 Å². The van der Waals surface area contributed by atoms with Gasteiger partial charge < -0.3 is 5.32 Å². The van der Waals surface area contributed by atoms with Crippen molar-refractivity contribution in [3.05, 3.63) is 95.6 Å². The molecule has 0 aliphatic rings. The Kier molecular flexibility index (Phi) is 8.41. The molecule has 0 saturated carbocycles. The first-order valence-corrected chi connectivity index (χ1v) is 14.1. The van der Waals surface area contributed by atoms with Crippen LogP contribution < -0.4 is 10.0 Å². The van der Waals surface area contributed by atoms with Crippen LogP contribution in [0.2, 0.25) is 0 Å². The third-order valence-corrected chi connectivity index (χ3v) is 7.68. The number of rotatable bonds is 11. The van der Waals surface area contributed by atoms with E-state index in [0.717, 1.165) is 42.0 Å². The molecule has 2 N–H and O–H groups in total. The number of anilines is 1. The molecule has 37 heavy (non-hydrogen) atoms. The van der Waals surface area contributed by atoms with Gasteiger partial charge in [0.2, 0.25) is 0 Å². The summed E-state index contributed by atoms with van der Waals surface area (Å²) in [6.45, 7) is 7.68. The standard InChI is InChI=1S/C29H35N5O2S/c1-21(2)17-28-29(22(3)34(4)32-28)33-37(35,36)27-12-10-25(11-13-27)26-9-5-7-24(18-26)20-31-16-14-23-8-6-15-30-19-23/h5-13,15,18-19,21,31,33H,14,16-17,20H2,1-4H3. The number of nitrogens with zero attached hydrogens (tertiary/aromatic N) is 3. The minimum Gasteiger partial charge on any atom is -0.312 e. The number of nitrogens with one attached hydrogen (secondary N) is 2. The van der Waals surface area contributed by atoms with Crippen LogP contribution in [0.25, 0.3) is 11.1 Å². The molecule has 0 aliphatic carbocycles. The van der Waals surface area contributed by atoms with Gasteiger partial charge in [-0.15, -0.1) is 0 Å². The second-order valence-electron chi connectivity index (χ2n) is 9.75. The first-order chi connectivity index (χ1) is 17.7. The van der Waals surface area contributed by atoms with E-state index >= 15 is 0 Å². The number of hydrogen-bond donors (Lipinski definition) is 2. The molecule has 194 valence electrons. The van der Waals surface area contributed by atoms with Crippen LogP contribution in [0.1, 0.15) is 36.4 Å². The van der Waals surface area contributed by atoms with Crippen molar-refractivity contribution in [2.45, 2.75) is 45.1 Å². The van der Waals surface area contributed by atoms with Gasteiger partial charge in [-0.25, -0.2) is 8.42 Å². The van der Waals surface area contributed by atoms with Crippen LogP contribution in [0, 0.1) is 12.8 Å². The summed E-state index contributed by atoms with van der Waals surface area (Å²) >= 11 is 0. The minimum absolute atomic E-state index is 0.225. The first kappa shape index (κ1) is 26.6. The molecule has 2 aromatic carbocycles. The fourth-order valence-corrected chi connectivity index (χ4v) is 5.38. The van der Waals surface area contributed by atoms with Crippen LogP contribution in [-0.2, 0) is 36.5 Å². The third kappa shape index (κ3) is 6.84. The molecule has 7 nitrogen and oxygen atoms in total. The highest BCUT2D eigenvalue weighted by Gasteiger charge is 2.21. The summed E-state index contributed by atoms with van der Waals surface area (Å²) < 4.78 is 30.9. The summed E-state index contributed by atoms with van der Waals surface area (Å²) in [6.07, 6.45) is 5.30. The van der Waals surface area contributed by atoms with Crippen molar-refractivity contribution in [3.63, 3.8) is 0 Å². The molecular weight excluding hydrogens is 482 g/mol. The van der Waals surface area contributed by atoms with Crippen molar-refractivity contribution >= 4 is 15.7 Å². The largest absolute Gasteiger partial charge is 0.312 e. The SMILES string of the molecule is Cc1c(NS(=O)(=O)c2ccc(-c3cccc(CNCCc4cccnc4)c3)cc2)c(CC(C)C)nn1C. The van der Waals surface area contributed by atoms with Crippen LogP contribution in [0.5, 0.6) is 0 Å². The van der Waals surface area contributed by atoms with Crippen LogP contribution in [0.3, 0.4) is 0 Å². The maximum atomic E-state index is 13.2. The Balaban J connectivity index is 1.43. The van der Waals surface area contributed by atoms with Gasteiger partial charge in [-0.05, 0) is 78.7 Å². The summed E-state index contributed by atoms with van der Waals surface area (Å²) in [7, 11) is -1.91. The van der Waals surface area contributed by atoms with E-state index in [4.69, 9.17) is 0 Å². The quantitative estimate of drug-likeness (QED) is 0.270. The number of hydrogen-bond acceptors (Lipinski definition) is 5. The molecule has 0 saturated heterocycles. The average Bonchev–Trinajstić information content (AvgIpc) is 3.14. The van der Waals surface area contributed by atoms with Gasteiger partial charge in [0.25, 0.3) is 10.0 Å². The fourth-order valence-electron chi connectivity index (χ4n) is 4.23. The minimum atomic E-state index is -3.74. The Labute approximate surface area is 220 Å². The van der Waals surface area contributed by atoms with Crippen LogP contribution in [0.4, 0.5) is 5.69 Å². The summed E-state index contributed by atoms with van der Waals surface area (Å²) in [6, 6.07) is 19.4. The summed E-state index contributed by atoms with van der Waals surface area (Å²) in [4.78, 5) is 4.38. The fraction of sp³-hybridized carbons (Fsp3) is 0.310. The Morgan fingerprint density at radius 2 is 1.73 bits per heavy atom. The Bertz CT molecular complexity index is 1430. The van der Waals surface area contributed by atoms with E-state index in [0.29, 0.717) is 18.0 Å². The predicted molar refractivity (Wildman–Crippen MR) is 149 cm³/mol. The zero-order valence-electron chi connectivity index (χ0n) is 21.9. The highest BCUT2D eigenvalue weighted by Crippen LogP contribution is 2.27. The zero-order valence-corrected chi connectivity index (χ0v) is 22.7. The summed E-state index contributed by atoms with van der Waals surface area (Å²) in [5.74, 6) is 0.365. The molecular formula is C29H35N5O2S. The van der Waals surface area contributed by atoms with Gasteiger partial charge in [0, 0.05) is 26.0 Å². The van der Waals surface area contributed by atoms with Gasteiger partial charge in [-0.2, -0.15) is 5.10 Å². The molecule has 0 atom stereocenters. The summed E-state index contributed by atoms with van der Waals surface area (Å²) in [5, 5.41) is 8.00. The van der Waals surface area contributed by atoms with Gasteiger partial charge in [0.05, 0.1) is 22.0 Å². The van der Waals surface area contributed by atoms with E-state index in [9.17, 15) is 8.42 Å². The van der Waals surface area contributed by atoms with E-state index in [2.05, 4.69) is 52.2 Å². The molecule has 0 amide bonds. The molecule has 2 aromatic heterocycles. The lowest BCUT2D eigenvalue weighted by Gasteiger charge is -2.12. The van der Waals surface area contributed by atoms with Crippen molar-refractivity contribution in [2.24, 2.45) is 13.0 Å². The smallest absolute Gasteiger partial charge is 0.262 e. The maximum absolute atomic E-state index is 13.2. The van der Waals surface area contributed by atoms with Crippen molar-refractivity contribution in [3.8, 4) is 11.1 Å². The van der Waals surface area contributed by atoms with Crippen molar-refractivity contribution in [1.82, 2.24) is 20.1 Å². The van der Waals surface area contributed by atoms with Crippen molar-refractivity contribution in [1.29, 1.82) is 0 Å². The monoisotopic (exact) mass is 517 g/mol. The maximum Gasteiger partial charge on any atom is 0.262 e. The Hall–Kier alpha value is -3.49. The highest BCUT2D eigenvalue weighted by atomic mass is 32.2. The van der Waals surface area contributed by atoms with E-state index < -0.39 is 10.0 Å². The molecule has 4 aromatic rings. The number of aryl methyl sites for hydroxylation is 1. The van der Waals surface area contributed by atoms with Gasteiger partial charge in [-0.3, -0.25) is 14.4 Å². The average molecular weight is 518 g/mol. The van der Waals surface area contributed by atoms with Crippen molar-refractivity contribution < 1.29 is 8.42 Å². The Morgan fingerprint density at radius 3 is 2.43 bits per heavy atom. The molecule has 2 heterocycles. The molecule has 0 spiro atoms. The lowest BCUT2D eigenvalue weighted by Crippen LogP contribution is -2.16. The zero-order chi connectivity index (χ0) is 26.4. The third-order valence-electron chi connectivity index (χ3n) is 6.31. The van der Waals surface area contributed by atoms with Gasteiger partial charge in [0.1, 0.15) is 0 Å². The molecule has 4 rings (SSSR count). The molecule has 0 unspecified atom stereocenters. The van der Waals surface area contributed by atoms with Crippen LogP contribution in [0.15, 0.2) is 78.0 Å². The van der Waals surface area contributed by atoms with Crippen LogP contribution >= 0.6 is 0 Å². The number of pyridine rings is 1. The normalized spacial score (nSPS) is 11.7. The van der Waals surface area contributed by atoms with Crippen molar-refractivity contribution in [2.75, 3.05) is 11.3 Å². The van der Waals surface area contributed by atoms with Crippen LogP contribution in [-0.4, -0.2) is 29.7 Å². The number of aromatic nitrogens is 3. The number of benzene rings is 2. The van der Waals surface area contributed by atoms with E-state index in [-0.39, 0.29) is 4.90 Å². The molecule has 0 aliphatic heterocycles. The number of sulfonamides is 1.